The summed E-state index contributed by atoms with van der Waals surface area (Å²) in [5.74, 6) is -0.135. The molecule has 38 heavy (non-hydrogen) atoms. The largest absolute Gasteiger partial charge is 0.479 e. The van der Waals surface area contributed by atoms with E-state index < -0.39 is 12.1 Å². The smallest absolute Gasteiger partial charge is 0.344 e. The van der Waals surface area contributed by atoms with Crippen LogP contribution in [0.3, 0.4) is 0 Å². The maximum atomic E-state index is 13.2. The molecule has 1 aromatic heterocycles. The number of hydrogen-bond donors (Lipinski definition) is 2. The molecule has 1 unspecified atom stereocenters. The first kappa shape index (κ1) is 27.0. The lowest BCUT2D eigenvalue weighted by molar-refractivity contribution is -0.144. The number of benzene rings is 3. The van der Waals surface area contributed by atoms with Gasteiger partial charge in [0.25, 0.3) is 5.91 Å². The van der Waals surface area contributed by atoms with Crippen LogP contribution in [0.15, 0.2) is 66.7 Å². The number of aryl methyl sites for hydroxylation is 1. The molecule has 4 aromatic rings. The number of amides is 1. The fourth-order valence-corrected chi connectivity index (χ4v) is 4.66. The summed E-state index contributed by atoms with van der Waals surface area (Å²) >= 11 is 0. The van der Waals surface area contributed by atoms with E-state index in [4.69, 9.17) is 9.84 Å². The summed E-state index contributed by atoms with van der Waals surface area (Å²) in [5, 5.41) is 13.3. The number of carbonyl (C=O) groups excluding carboxylic acids is 1. The number of nitrogens with zero attached hydrogens (tertiary/aromatic N) is 1. The Labute approximate surface area is 224 Å². The Morgan fingerprint density at radius 1 is 0.921 bits per heavy atom. The van der Waals surface area contributed by atoms with Crippen LogP contribution in [0, 0.1) is 13.8 Å². The number of aromatic nitrogens is 1. The molecule has 4 rings (SSSR count). The number of hydrogen-bond acceptors (Lipinski definition) is 3. The van der Waals surface area contributed by atoms with Gasteiger partial charge in [0.05, 0.1) is 6.04 Å². The summed E-state index contributed by atoms with van der Waals surface area (Å²) in [6.07, 6.45) is -0.904. The van der Waals surface area contributed by atoms with Crippen LogP contribution < -0.4 is 10.1 Å². The number of aliphatic carboxylic acids is 1. The van der Waals surface area contributed by atoms with E-state index in [0.717, 1.165) is 33.3 Å². The molecule has 0 radical (unpaired) electrons. The van der Waals surface area contributed by atoms with Crippen molar-refractivity contribution in [2.45, 2.75) is 66.2 Å². The second kappa shape index (κ2) is 11.1. The third-order valence-corrected chi connectivity index (χ3v) is 7.25. The summed E-state index contributed by atoms with van der Waals surface area (Å²) < 4.78 is 7.68. The molecule has 0 aliphatic heterocycles. The van der Waals surface area contributed by atoms with Gasteiger partial charge in [-0.1, -0.05) is 50.2 Å². The topological polar surface area (TPSA) is 80.6 Å². The van der Waals surface area contributed by atoms with E-state index in [2.05, 4.69) is 55.8 Å². The van der Waals surface area contributed by atoms with Gasteiger partial charge in [-0.2, -0.15) is 0 Å². The molecular formula is C32H36N2O4. The highest BCUT2D eigenvalue weighted by Gasteiger charge is 2.17. The number of rotatable bonds is 9. The Hall–Kier alpha value is -4.06. The molecule has 198 valence electrons. The van der Waals surface area contributed by atoms with Gasteiger partial charge in [0.1, 0.15) is 5.75 Å². The molecule has 0 saturated heterocycles. The fourth-order valence-electron chi connectivity index (χ4n) is 4.66. The van der Waals surface area contributed by atoms with Gasteiger partial charge < -0.3 is 19.7 Å². The van der Waals surface area contributed by atoms with E-state index >= 15 is 0 Å². The second-order valence-electron chi connectivity index (χ2n) is 10.3. The van der Waals surface area contributed by atoms with Gasteiger partial charge in [0.2, 0.25) is 0 Å². The molecule has 0 fully saturated rings. The van der Waals surface area contributed by atoms with Gasteiger partial charge >= 0.3 is 5.97 Å². The Morgan fingerprint density at radius 3 is 2.26 bits per heavy atom. The van der Waals surface area contributed by atoms with Crippen molar-refractivity contribution in [3.8, 4) is 5.75 Å². The van der Waals surface area contributed by atoms with Gasteiger partial charge in [0, 0.05) is 28.7 Å². The van der Waals surface area contributed by atoms with Crippen LogP contribution in [0.4, 0.5) is 0 Å². The number of nitrogens with one attached hydrogen (secondary N) is 1. The summed E-state index contributed by atoms with van der Waals surface area (Å²) in [6, 6.07) is 21.6. The second-order valence-corrected chi connectivity index (χ2v) is 10.3. The molecule has 6 nitrogen and oxygen atoms in total. The van der Waals surface area contributed by atoms with Crippen LogP contribution in [0.25, 0.3) is 10.9 Å². The van der Waals surface area contributed by atoms with Crippen molar-refractivity contribution in [3.63, 3.8) is 0 Å². The first-order valence-corrected chi connectivity index (χ1v) is 13.0. The molecule has 0 saturated carbocycles. The Kier molecular flexibility index (Phi) is 7.91. The molecule has 6 heteroatoms. The normalized spacial score (nSPS) is 12.9. The van der Waals surface area contributed by atoms with Crippen molar-refractivity contribution < 1.29 is 19.4 Å². The zero-order valence-corrected chi connectivity index (χ0v) is 22.9. The van der Waals surface area contributed by atoms with Crippen LogP contribution in [-0.4, -0.2) is 27.7 Å². The minimum atomic E-state index is -0.998. The van der Waals surface area contributed by atoms with Crippen molar-refractivity contribution in [3.05, 3.63) is 100 Å². The highest BCUT2D eigenvalue weighted by Crippen LogP contribution is 2.28. The van der Waals surface area contributed by atoms with Crippen LogP contribution >= 0.6 is 0 Å². The maximum Gasteiger partial charge on any atom is 0.344 e. The molecule has 2 atom stereocenters. The number of carbonyl (C=O) groups is 2. The van der Waals surface area contributed by atoms with E-state index in [1.165, 1.54) is 12.5 Å². The van der Waals surface area contributed by atoms with E-state index in [1.807, 2.05) is 43.3 Å². The number of carboxylic acids is 1. The fraction of sp³-hybridized carbons (Fsp3) is 0.312. The number of fused-ring (bicyclic) bond motifs is 1. The molecular weight excluding hydrogens is 476 g/mol. The summed E-state index contributed by atoms with van der Waals surface area (Å²) in [6.45, 7) is 12.7. The lowest BCUT2D eigenvalue weighted by atomic mass is 9.98. The van der Waals surface area contributed by atoms with Crippen LogP contribution in [-0.2, 0) is 11.3 Å². The third kappa shape index (κ3) is 5.75. The molecule has 1 heterocycles. The molecule has 0 spiro atoms. The highest BCUT2D eigenvalue weighted by molar-refractivity contribution is 5.99. The quantitative estimate of drug-likeness (QED) is 0.259. The minimum absolute atomic E-state index is 0.0923. The van der Waals surface area contributed by atoms with E-state index in [1.54, 1.807) is 12.1 Å². The van der Waals surface area contributed by atoms with Crippen LogP contribution in [0.2, 0.25) is 0 Å². The Bertz CT molecular complexity index is 1470. The minimum Gasteiger partial charge on any atom is -0.479 e. The van der Waals surface area contributed by atoms with Crippen molar-refractivity contribution >= 4 is 22.8 Å². The van der Waals surface area contributed by atoms with Crippen molar-refractivity contribution in [1.29, 1.82) is 0 Å². The van der Waals surface area contributed by atoms with Crippen molar-refractivity contribution in [2.24, 2.45) is 0 Å². The molecule has 3 aromatic carbocycles. The van der Waals surface area contributed by atoms with E-state index in [-0.39, 0.29) is 11.9 Å². The zero-order valence-electron chi connectivity index (χ0n) is 22.9. The molecule has 0 bridgehead atoms. The lowest BCUT2D eigenvalue weighted by Gasteiger charge is -2.16. The molecule has 1 amide bonds. The van der Waals surface area contributed by atoms with Gasteiger partial charge in [-0.25, -0.2) is 4.79 Å². The van der Waals surface area contributed by atoms with E-state index in [9.17, 15) is 9.59 Å². The Morgan fingerprint density at radius 2 is 1.61 bits per heavy atom. The molecule has 2 N–H and O–H groups in total. The average molecular weight is 513 g/mol. The van der Waals surface area contributed by atoms with Crippen molar-refractivity contribution in [1.82, 2.24) is 9.88 Å². The monoisotopic (exact) mass is 512 g/mol. The van der Waals surface area contributed by atoms with Gasteiger partial charge in [-0.15, -0.1) is 0 Å². The molecule has 0 aliphatic rings. The predicted octanol–water partition coefficient (Wildman–Crippen LogP) is 6.77. The summed E-state index contributed by atoms with van der Waals surface area (Å²) in [4.78, 5) is 24.2. The highest BCUT2D eigenvalue weighted by atomic mass is 16.5. The van der Waals surface area contributed by atoms with E-state index in [0.29, 0.717) is 23.8 Å². The van der Waals surface area contributed by atoms with Gasteiger partial charge in [0.15, 0.2) is 6.10 Å². The zero-order chi connectivity index (χ0) is 27.6. The van der Waals surface area contributed by atoms with Gasteiger partial charge in [-0.05, 0) is 86.2 Å². The Balaban J connectivity index is 1.53. The average Bonchev–Trinajstić information content (AvgIpc) is 3.13. The van der Waals surface area contributed by atoms with Crippen molar-refractivity contribution in [2.75, 3.05) is 0 Å². The third-order valence-electron chi connectivity index (χ3n) is 7.25. The van der Waals surface area contributed by atoms with Crippen LogP contribution in [0.5, 0.6) is 5.75 Å². The van der Waals surface area contributed by atoms with Gasteiger partial charge in [-0.3, -0.25) is 4.79 Å². The predicted molar refractivity (Wildman–Crippen MR) is 151 cm³/mol. The summed E-state index contributed by atoms with van der Waals surface area (Å²) in [5.41, 5.74) is 7.40. The first-order valence-electron chi connectivity index (χ1n) is 13.0. The van der Waals surface area contributed by atoms with Crippen LogP contribution in [0.1, 0.15) is 78.0 Å². The first-order chi connectivity index (χ1) is 18.0. The lowest BCUT2D eigenvalue weighted by Crippen LogP contribution is -2.26. The number of ether oxygens (including phenoxy) is 1. The summed E-state index contributed by atoms with van der Waals surface area (Å²) in [7, 11) is 0. The molecule has 0 aliphatic carbocycles. The number of carboxylic acid groups (broad SMARTS) is 1. The SMILES string of the molecule is Cc1c(C)n(Cc2ccc(O[C@@H](C)C(=O)O)cc2)c2ccc(C(=O)NC(C)c3cccc(C(C)C)c3)cc12. The standard InChI is InChI=1S/C32H36N2O4/c1-19(2)25-8-7-9-26(16-25)21(4)33-31(35)27-12-15-30-29(17-27)20(3)22(5)34(30)18-24-10-13-28(14-11-24)38-23(6)32(36)37/h7-17,19,21,23H,18H2,1-6H3,(H,33,35)(H,36,37)/t21?,23-/m0/s1. The maximum absolute atomic E-state index is 13.2.